The summed E-state index contributed by atoms with van der Waals surface area (Å²) in [6.45, 7) is 5.13. The van der Waals surface area contributed by atoms with Gasteiger partial charge in [-0.3, -0.25) is 9.69 Å². The molecule has 1 amide bonds. The first-order valence-corrected chi connectivity index (χ1v) is 10.9. The summed E-state index contributed by atoms with van der Waals surface area (Å²) in [5.41, 5.74) is 2.16. The number of para-hydroxylation sites is 1. The number of β-amino-alcohol motifs (C(OH)–C–C–N with tert-alkyl or cyclic N) is 1. The van der Waals surface area contributed by atoms with E-state index in [0.29, 0.717) is 24.6 Å². The van der Waals surface area contributed by atoms with Gasteiger partial charge in [0.25, 0.3) is 0 Å². The highest BCUT2D eigenvalue weighted by molar-refractivity contribution is 5.85. The Morgan fingerprint density at radius 3 is 2.55 bits per heavy atom. The van der Waals surface area contributed by atoms with Gasteiger partial charge in [-0.05, 0) is 36.2 Å². The number of carbonyl (C=O) groups is 1. The van der Waals surface area contributed by atoms with Gasteiger partial charge in [-0.25, -0.2) is 0 Å². The summed E-state index contributed by atoms with van der Waals surface area (Å²) in [5.74, 6) is 1.06. The van der Waals surface area contributed by atoms with Crippen LogP contribution in [0, 0.1) is 0 Å². The maximum absolute atomic E-state index is 12.0. The molecule has 0 aliphatic carbocycles. The molecule has 7 heteroatoms. The molecule has 166 valence electrons. The molecule has 0 spiro atoms. The fourth-order valence-electron chi connectivity index (χ4n) is 4.30. The van der Waals surface area contributed by atoms with Crippen LogP contribution in [0.5, 0.6) is 11.5 Å². The van der Waals surface area contributed by atoms with E-state index in [0.717, 1.165) is 38.2 Å². The fourth-order valence-corrected chi connectivity index (χ4v) is 4.30. The van der Waals surface area contributed by atoms with Crippen molar-refractivity contribution in [2.45, 2.75) is 18.4 Å². The molecule has 0 bridgehead atoms. The van der Waals surface area contributed by atoms with Crippen molar-refractivity contribution in [3.8, 4) is 11.5 Å². The minimum Gasteiger partial charge on any atom is -0.493 e. The van der Waals surface area contributed by atoms with Gasteiger partial charge in [-0.1, -0.05) is 24.3 Å². The van der Waals surface area contributed by atoms with Crippen molar-refractivity contribution in [3.63, 3.8) is 0 Å². The monoisotopic (exact) mass is 425 g/mol. The molecule has 2 fully saturated rings. The van der Waals surface area contributed by atoms with Gasteiger partial charge in [-0.15, -0.1) is 0 Å². The highest BCUT2D eigenvalue weighted by Crippen LogP contribution is 2.33. The van der Waals surface area contributed by atoms with Gasteiger partial charge in [0, 0.05) is 45.0 Å². The zero-order chi connectivity index (χ0) is 21.6. The molecule has 7 nitrogen and oxygen atoms in total. The Hall–Kier alpha value is -2.77. The first-order chi connectivity index (χ1) is 15.1. The van der Waals surface area contributed by atoms with E-state index in [1.54, 1.807) is 7.11 Å². The number of aliphatic hydroxyl groups excluding tert-OH is 1. The minimum absolute atomic E-state index is 0.0470. The Kier molecular flexibility index (Phi) is 6.94. The zero-order valence-corrected chi connectivity index (χ0v) is 18.0. The van der Waals surface area contributed by atoms with Gasteiger partial charge >= 0.3 is 0 Å². The van der Waals surface area contributed by atoms with E-state index < -0.39 is 6.10 Å². The average Bonchev–Trinajstić information content (AvgIpc) is 3.24. The van der Waals surface area contributed by atoms with Gasteiger partial charge in [0.05, 0.1) is 13.0 Å². The molecule has 0 aromatic heterocycles. The summed E-state index contributed by atoms with van der Waals surface area (Å²) in [5, 5.41) is 13.4. The molecule has 2 saturated heterocycles. The van der Waals surface area contributed by atoms with Crippen LogP contribution in [-0.2, 0) is 4.79 Å². The van der Waals surface area contributed by atoms with Crippen molar-refractivity contribution in [2.75, 3.05) is 57.9 Å². The van der Waals surface area contributed by atoms with Crippen LogP contribution >= 0.6 is 0 Å². The van der Waals surface area contributed by atoms with E-state index in [1.807, 2.05) is 24.3 Å². The Bertz CT molecular complexity index is 868. The Balaban J connectivity index is 1.29. The molecule has 31 heavy (non-hydrogen) atoms. The van der Waals surface area contributed by atoms with Crippen LogP contribution in [0.25, 0.3) is 0 Å². The van der Waals surface area contributed by atoms with Gasteiger partial charge in [0.15, 0.2) is 11.5 Å². The molecule has 2 unspecified atom stereocenters. The topological polar surface area (TPSA) is 74.3 Å². The second-order valence-electron chi connectivity index (χ2n) is 8.13. The molecule has 2 N–H and O–H groups in total. The summed E-state index contributed by atoms with van der Waals surface area (Å²) in [6.07, 6.45) is 0.175. The normalized spacial score (nSPS) is 20.4. The molecular weight excluding hydrogens is 394 g/mol. The third kappa shape index (κ3) is 5.29. The number of methoxy groups -OCH3 is 1. The van der Waals surface area contributed by atoms with E-state index in [1.165, 1.54) is 5.69 Å². The van der Waals surface area contributed by atoms with Crippen molar-refractivity contribution >= 4 is 11.6 Å². The first kappa shape index (κ1) is 21.5. The second kappa shape index (κ2) is 10.0. The lowest BCUT2D eigenvalue weighted by atomic mass is 9.97. The summed E-state index contributed by atoms with van der Waals surface area (Å²) < 4.78 is 11.3. The van der Waals surface area contributed by atoms with E-state index in [2.05, 4.69) is 39.4 Å². The third-order valence-corrected chi connectivity index (χ3v) is 6.03. The molecule has 4 rings (SSSR count). The predicted octanol–water partition coefficient (Wildman–Crippen LogP) is 1.86. The van der Waals surface area contributed by atoms with Crippen LogP contribution < -0.4 is 19.7 Å². The van der Waals surface area contributed by atoms with Crippen molar-refractivity contribution in [3.05, 3.63) is 54.1 Å². The number of benzene rings is 2. The van der Waals surface area contributed by atoms with Crippen LogP contribution in [0.3, 0.4) is 0 Å². The number of aliphatic hydroxyl groups is 1. The standard InChI is InChI=1S/C24H31N3O4/c1-30-22-8-7-18(21-9-10-25-24(21)29)15-23(22)31-17-20(28)16-26-11-13-27(14-12-26)19-5-3-2-4-6-19/h2-8,15,20-21,28H,9-14,16-17H2,1H3,(H,25,29). The quantitative estimate of drug-likeness (QED) is 0.673. The zero-order valence-electron chi connectivity index (χ0n) is 18.0. The molecule has 2 aromatic rings. The lowest BCUT2D eigenvalue weighted by molar-refractivity contribution is -0.120. The molecule has 2 atom stereocenters. The van der Waals surface area contributed by atoms with E-state index >= 15 is 0 Å². The number of nitrogens with one attached hydrogen (secondary N) is 1. The van der Waals surface area contributed by atoms with Crippen molar-refractivity contribution in [1.82, 2.24) is 10.2 Å². The van der Waals surface area contributed by atoms with Gasteiger partial charge in [0.2, 0.25) is 5.91 Å². The highest BCUT2D eigenvalue weighted by atomic mass is 16.5. The number of carbonyl (C=O) groups excluding carboxylic acids is 1. The van der Waals surface area contributed by atoms with Crippen LogP contribution in [0.4, 0.5) is 5.69 Å². The molecular formula is C24H31N3O4. The van der Waals surface area contributed by atoms with Crippen molar-refractivity contribution in [2.24, 2.45) is 0 Å². The fraction of sp³-hybridized carbons (Fsp3) is 0.458. The average molecular weight is 426 g/mol. The molecule has 2 heterocycles. The van der Waals surface area contributed by atoms with Crippen LogP contribution in [0.1, 0.15) is 17.9 Å². The number of hydrogen-bond acceptors (Lipinski definition) is 6. The predicted molar refractivity (Wildman–Crippen MR) is 120 cm³/mol. The smallest absolute Gasteiger partial charge is 0.227 e. The number of hydrogen-bond donors (Lipinski definition) is 2. The number of piperazine rings is 1. The number of amides is 1. The van der Waals surface area contributed by atoms with Gasteiger partial charge < -0.3 is 24.8 Å². The lowest BCUT2D eigenvalue weighted by Gasteiger charge is -2.36. The Labute approximate surface area is 183 Å². The minimum atomic E-state index is -0.605. The van der Waals surface area contributed by atoms with Crippen LogP contribution in [0.15, 0.2) is 48.5 Å². The van der Waals surface area contributed by atoms with E-state index in [4.69, 9.17) is 9.47 Å². The molecule has 2 aliphatic rings. The molecule has 0 radical (unpaired) electrons. The Morgan fingerprint density at radius 2 is 1.87 bits per heavy atom. The van der Waals surface area contributed by atoms with Crippen LogP contribution in [-0.4, -0.2) is 75.0 Å². The summed E-state index contributed by atoms with van der Waals surface area (Å²) >= 11 is 0. The summed E-state index contributed by atoms with van der Waals surface area (Å²) in [7, 11) is 1.59. The summed E-state index contributed by atoms with van der Waals surface area (Å²) in [4.78, 5) is 16.6. The largest absolute Gasteiger partial charge is 0.493 e. The van der Waals surface area contributed by atoms with Crippen LogP contribution in [0.2, 0.25) is 0 Å². The molecule has 0 saturated carbocycles. The second-order valence-corrected chi connectivity index (χ2v) is 8.13. The SMILES string of the molecule is COc1ccc(C2CCNC2=O)cc1OCC(O)CN1CCN(c2ccccc2)CC1. The molecule has 2 aromatic carbocycles. The number of rotatable bonds is 8. The molecule has 2 aliphatic heterocycles. The highest BCUT2D eigenvalue weighted by Gasteiger charge is 2.27. The third-order valence-electron chi connectivity index (χ3n) is 6.03. The number of anilines is 1. The number of ether oxygens (including phenoxy) is 2. The van der Waals surface area contributed by atoms with Crippen molar-refractivity contribution in [1.29, 1.82) is 0 Å². The van der Waals surface area contributed by atoms with Gasteiger partial charge in [-0.2, -0.15) is 0 Å². The Morgan fingerprint density at radius 1 is 1.10 bits per heavy atom. The first-order valence-electron chi connectivity index (χ1n) is 10.9. The van der Waals surface area contributed by atoms with E-state index in [-0.39, 0.29) is 18.4 Å². The number of nitrogens with zero attached hydrogens (tertiary/aromatic N) is 2. The maximum atomic E-state index is 12.0. The maximum Gasteiger partial charge on any atom is 0.227 e. The summed E-state index contributed by atoms with van der Waals surface area (Å²) in [6, 6.07) is 16.0. The lowest BCUT2D eigenvalue weighted by Crippen LogP contribution is -2.49. The van der Waals surface area contributed by atoms with E-state index in [9.17, 15) is 9.90 Å². The van der Waals surface area contributed by atoms with Crippen molar-refractivity contribution < 1.29 is 19.4 Å². The van der Waals surface area contributed by atoms with Gasteiger partial charge in [0.1, 0.15) is 12.7 Å².